The van der Waals surface area contributed by atoms with Crippen LogP contribution in [0.3, 0.4) is 0 Å². The van der Waals surface area contributed by atoms with Crippen LogP contribution in [0.1, 0.15) is 80.0 Å². The number of nitrogens with one attached hydrogen (secondary N) is 3. The third-order valence-corrected chi connectivity index (χ3v) is 10.0. The van der Waals surface area contributed by atoms with Crippen molar-refractivity contribution in [1.29, 1.82) is 0 Å². The zero-order valence-electron chi connectivity index (χ0n) is 29.6. The predicted octanol–water partition coefficient (Wildman–Crippen LogP) is 6.26. The predicted molar refractivity (Wildman–Crippen MR) is 199 cm³/mol. The first kappa shape index (κ1) is 38.0. The number of benzene rings is 3. The summed E-state index contributed by atoms with van der Waals surface area (Å²) < 4.78 is 11.4. The molecule has 3 aromatic carbocycles. The molecular weight excluding hydrogens is 658 g/mol. The molecule has 274 valence electrons. The van der Waals surface area contributed by atoms with Crippen LogP contribution < -0.4 is 16.0 Å². The largest absolute Gasteiger partial charge is 0.462 e. The third-order valence-electron chi connectivity index (χ3n) is 10.0. The maximum atomic E-state index is 13.6. The fourth-order valence-corrected chi connectivity index (χ4v) is 7.21. The number of aliphatic hydroxyl groups is 1. The lowest BCUT2D eigenvalue weighted by Gasteiger charge is -2.29. The first-order valence-electron chi connectivity index (χ1n) is 18.0. The SMILES string of the molecule is C=CCC[C@H](NC(=O)OCC1c2ccccc2-c2ccccc21)C(=O)OC[C@H](NC(=O)[C@H](CC=C)CC(=O)NC1(CO)CCCC1)c1ccccc1. The van der Waals surface area contributed by atoms with Gasteiger partial charge in [0.05, 0.1) is 24.1 Å². The topological polar surface area (TPSA) is 143 Å². The molecule has 0 saturated heterocycles. The first-order chi connectivity index (χ1) is 25.3. The van der Waals surface area contributed by atoms with Crippen LogP contribution in [0.2, 0.25) is 0 Å². The van der Waals surface area contributed by atoms with Gasteiger partial charge in [0.1, 0.15) is 19.3 Å². The van der Waals surface area contributed by atoms with Crippen LogP contribution in [0.4, 0.5) is 4.79 Å². The fraction of sp³-hybridized carbons (Fsp3) is 0.381. The molecule has 2 aliphatic carbocycles. The summed E-state index contributed by atoms with van der Waals surface area (Å²) in [4.78, 5) is 53.2. The van der Waals surface area contributed by atoms with Gasteiger partial charge in [-0.1, -0.05) is 104 Å². The molecule has 5 rings (SSSR count). The summed E-state index contributed by atoms with van der Waals surface area (Å²) in [7, 11) is 0. The number of hydrogen-bond donors (Lipinski definition) is 4. The molecule has 2 aliphatic rings. The Balaban J connectivity index is 1.21. The van der Waals surface area contributed by atoms with Gasteiger partial charge in [-0.05, 0) is 59.9 Å². The van der Waals surface area contributed by atoms with Crippen molar-refractivity contribution < 1.29 is 33.8 Å². The molecule has 0 heterocycles. The maximum absolute atomic E-state index is 13.6. The van der Waals surface area contributed by atoms with Gasteiger partial charge in [-0.15, -0.1) is 13.2 Å². The highest BCUT2D eigenvalue weighted by Crippen LogP contribution is 2.44. The number of fused-ring (bicyclic) bond motifs is 3. The van der Waals surface area contributed by atoms with Crippen LogP contribution in [0.15, 0.2) is 104 Å². The van der Waals surface area contributed by atoms with Crippen LogP contribution in [0, 0.1) is 5.92 Å². The van der Waals surface area contributed by atoms with E-state index in [-0.39, 0.29) is 50.9 Å². The molecule has 0 radical (unpaired) electrons. The summed E-state index contributed by atoms with van der Waals surface area (Å²) in [6, 6.07) is 23.4. The second-order valence-electron chi connectivity index (χ2n) is 13.6. The second-order valence-corrected chi connectivity index (χ2v) is 13.6. The lowest BCUT2D eigenvalue weighted by Crippen LogP contribution is -2.50. The second kappa shape index (κ2) is 18.3. The van der Waals surface area contributed by atoms with Gasteiger partial charge in [-0.25, -0.2) is 9.59 Å². The highest BCUT2D eigenvalue weighted by Gasteiger charge is 2.36. The number of hydrogen-bond acceptors (Lipinski definition) is 7. The smallest absolute Gasteiger partial charge is 0.407 e. The van der Waals surface area contributed by atoms with E-state index in [1.54, 1.807) is 12.2 Å². The number of carbonyl (C=O) groups excluding carboxylic acids is 4. The number of rotatable bonds is 18. The molecule has 1 saturated carbocycles. The Morgan fingerprint density at radius 3 is 2.10 bits per heavy atom. The number of esters is 1. The molecule has 0 aromatic heterocycles. The zero-order valence-corrected chi connectivity index (χ0v) is 29.6. The van der Waals surface area contributed by atoms with Gasteiger partial charge in [0, 0.05) is 12.3 Å². The van der Waals surface area contributed by atoms with E-state index in [2.05, 4.69) is 41.2 Å². The Labute approximate surface area is 305 Å². The van der Waals surface area contributed by atoms with Crippen molar-refractivity contribution in [2.24, 2.45) is 5.92 Å². The van der Waals surface area contributed by atoms with E-state index in [1.807, 2.05) is 66.7 Å². The number of carbonyl (C=O) groups is 4. The Morgan fingerprint density at radius 1 is 0.846 bits per heavy atom. The van der Waals surface area contributed by atoms with Crippen LogP contribution in [0.25, 0.3) is 11.1 Å². The summed E-state index contributed by atoms with van der Waals surface area (Å²) in [6.45, 7) is 7.24. The highest BCUT2D eigenvalue weighted by molar-refractivity contribution is 5.87. The van der Waals surface area contributed by atoms with Gasteiger partial charge in [0.25, 0.3) is 0 Å². The molecule has 3 amide bonds. The molecule has 1 fully saturated rings. The van der Waals surface area contributed by atoms with Crippen molar-refractivity contribution in [3.05, 3.63) is 121 Å². The summed E-state index contributed by atoms with van der Waals surface area (Å²) in [6.07, 6.45) is 6.56. The molecule has 0 bridgehead atoms. The number of amides is 3. The van der Waals surface area contributed by atoms with Crippen molar-refractivity contribution in [2.75, 3.05) is 19.8 Å². The lowest BCUT2D eigenvalue weighted by atomic mass is 9.95. The number of ether oxygens (including phenoxy) is 2. The Hall–Kier alpha value is -5.22. The van der Waals surface area contributed by atoms with Gasteiger partial charge in [-0.2, -0.15) is 0 Å². The van der Waals surface area contributed by atoms with E-state index in [9.17, 15) is 24.3 Å². The third kappa shape index (κ3) is 9.55. The molecule has 3 atom stereocenters. The monoisotopic (exact) mass is 707 g/mol. The number of aliphatic hydroxyl groups excluding tert-OH is 1. The van der Waals surface area contributed by atoms with Crippen molar-refractivity contribution in [2.45, 2.75) is 74.9 Å². The molecule has 0 spiro atoms. The Morgan fingerprint density at radius 2 is 1.48 bits per heavy atom. The van der Waals surface area contributed by atoms with Crippen molar-refractivity contribution in [3.63, 3.8) is 0 Å². The number of alkyl carbamates (subject to hydrolysis) is 1. The Kier molecular flexibility index (Phi) is 13.4. The molecule has 4 N–H and O–H groups in total. The maximum Gasteiger partial charge on any atom is 0.407 e. The summed E-state index contributed by atoms with van der Waals surface area (Å²) in [5.74, 6) is -2.26. The van der Waals surface area contributed by atoms with E-state index in [0.717, 1.165) is 35.1 Å². The van der Waals surface area contributed by atoms with Crippen LogP contribution in [-0.4, -0.2) is 60.4 Å². The average Bonchev–Trinajstić information content (AvgIpc) is 3.76. The molecule has 0 aliphatic heterocycles. The highest BCUT2D eigenvalue weighted by atomic mass is 16.6. The van der Waals surface area contributed by atoms with Gasteiger partial charge in [-0.3, -0.25) is 9.59 Å². The molecule has 3 aromatic rings. The van der Waals surface area contributed by atoms with E-state index in [0.29, 0.717) is 24.8 Å². The molecule has 10 nitrogen and oxygen atoms in total. The van der Waals surface area contributed by atoms with Gasteiger partial charge >= 0.3 is 12.1 Å². The van der Waals surface area contributed by atoms with Crippen LogP contribution in [0.5, 0.6) is 0 Å². The standard InChI is InChI=1S/C42H49N3O7/c1-3-5-22-36(44-41(50)52-26-35-33-20-11-9-18-31(33)32-19-10-12-21-34(32)35)40(49)51-27-37(29-16-7-6-8-17-29)43-39(48)30(15-4-2)25-38(47)45-42(28-46)23-13-14-24-42/h3-4,6-12,16-21,30,35-37,46H,1-2,5,13-15,22-28H2,(H,43,48)(H,44,50)(H,45,47)/t30-,36+,37+/m1/s1. The lowest BCUT2D eigenvalue weighted by molar-refractivity contribution is -0.147. The summed E-state index contributed by atoms with van der Waals surface area (Å²) >= 11 is 0. The number of allylic oxidation sites excluding steroid dienone is 2. The quantitative estimate of drug-likeness (QED) is 0.0903. The first-order valence-corrected chi connectivity index (χ1v) is 18.0. The van der Waals surface area contributed by atoms with E-state index in [4.69, 9.17) is 9.47 Å². The zero-order chi connectivity index (χ0) is 36.9. The van der Waals surface area contributed by atoms with Crippen molar-refractivity contribution in [1.82, 2.24) is 16.0 Å². The minimum absolute atomic E-state index is 0.0887. The minimum Gasteiger partial charge on any atom is -0.462 e. The molecule has 0 unspecified atom stereocenters. The summed E-state index contributed by atoms with van der Waals surface area (Å²) in [5, 5.41) is 18.6. The Bertz CT molecular complexity index is 1670. The van der Waals surface area contributed by atoms with E-state index >= 15 is 0 Å². The fourth-order valence-electron chi connectivity index (χ4n) is 7.21. The molecule has 10 heteroatoms. The van der Waals surface area contributed by atoms with E-state index < -0.39 is 41.5 Å². The van der Waals surface area contributed by atoms with Crippen LogP contribution in [-0.2, 0) is 23.9 Å². The van der Waals surface area contributed by atoms with Gasteiger partial charge in [0.2, 0.25) is 11.8 Å². The molecule has 52 heavy (non-hydrogen) atoms. The normalized spacial score (nSPS) is 15.9. The van der Waals surface area contributed by atoms with E-state index in [1.165, 1.54) is 0 Å². The van der Waals surface area contributed by atoms with Crippen molar-refractivity contribution >= 4 is 23.9 Å². The van der Waals surface area contributed by atoms with Gasteiger partial charge < -0.3 is 30.5 Å². The average molecular weight is 708 g/mol. The van der Waals surface area contributed by atoms with Crippen molar-refractivity contribution in [3.8, 4) is 11.1 Å². The summed E-state index contributed by atoms with van der Waals surface area (Å²) in [5.41, 5.74) is 4.42. The minimum atomic E-state index is -1.02. The molecular formula is C42H49N3O7. The van der Waals surface area contributed by atoms with Gasteiger partial charge in [0.15, 0.2) is 0 Å². The van der Waals surface area contributed by atoms with Crippen LogP contribution >= 0.6 is 0 Å².